The number of nitrogens with one attached hydrogen (secondary N) is 1. The molecular formula is C31H39N3O5S. The van der Waals surface area contributed by atoms with E-state index in [2.05, 4.69) is 5.32 Å². The minimum atomic E-state index is -4.14. The van der Waals surface area contributed by atoms with E-state index >= 15 is 0 Å². The van der Waals surface area contributed by atoms with E-state index in [1.807, 2.05) is 58.9 Å². The normalized spacial score (nSPS) is 12.1. The molecule has 8 nitrogen and oxygen atoms in total. The molecule has 0 spiro atoms. The van der Waals surface area contributed by atoms with E-state index in [1.165, 1.54) is 17.0 Å². The highest BCUT2D eigenvalue weighted by Crippen LogP contribution is 2.26. The minimum absolute atomic E-state index is 0.0302. The lowest BCUT2D eigenvalue weighted by Crippen LogP contribution is -2.53. The van der Waals surface area contributed by atoms with Crippen LogP contribution in [0.4, 0.5) is 5.69 Å². The van der Waals surface area contributed by atoms with Gasteiger partial charge in [0.15, 0.2) is 0 Å². The van der Waals surface area contributed by atoms with Crippen LogP contribution in [0.1, 0.15) is 45.2 Å². The van der Waals surface area contributed by atoms with E-state index in [-0.39, 0.29) is 23.4 Å². The molecule has 3 rings (SSSR count). The van der Waals surface area contributed by atoms with Gasteiger partial charge in [0.2, 0.25) is 11.8 Å². The number of aryl methyl sites for hydroxylation is 1. The Kier molecular flexibility index (Phi) is 10.7. The zero-order valence-corrected chi connectivity index (χ0v) is 24.6. The Labute approximate surface area is 238 Å². The summed E-state index contributed by atoms with van der Waals surface area (Å²) in [4.78, 5) is 28.8. The van der Waals surface area contributed by atoms with Gasteiger partial charge in [0.1, 0.15) is 18.3 Å². The molecule has 214 valence electrons. The third kappa shape index (κ3) is 7.63. The van der Waals surface area contributed by atoms with Crippen LogP contribution in [0.3, 0.4) is 0 Å². The topological polar surface area (TPSA) is 96.0 Å². The molecule has 0 fully saturated rings. The van der Waals surface area contributed by atoms with Crippen molar-refractivity contribution in [1.29, 1.82) is 0 Å². The van der Waals surface area contributed by atoms with Gasteiger partial charge in [0.05, 0.1) is 17.2 Å². The first-order valence-corrected chi connectivity index (χ1v) is 15.0. The van der Waals surface area contributed by atoms with Crippen molar-refractivity contribution >= 4 is 27.5 Å². The molecule has 40 heavy (non-hydrogen) atoms. The van der Waals surface area contributed by atoms with E-state index in [9.17, 15) is 18.0 Å². The van der Waals surface area contributed by atoms with E-state index in [0.29, 0.717) is 24.5 Å². The van der Waals surface area contributed by atoms with E-state index in [4.69, 9.17) is 4.74 Å². The summed E-state index contributed by atoms with van der Waals surface area (Å²) in [7, 11) is -4.14. The standard InChI is InChI=1S/C31H39N3O5S/c1-6-29(31(36)32-23(3)4)33(21-25-14-12-11-13-24(25)5)30(35)22-34(26-15-9-8-10-16-26)40(37,38)28-19-17-27(18-20-28)39-7-2/h8-20,23,29H,6-7,21-22H2,1-5H3,(H,32,36). The summed E-state index contributed by atoms with van der Waals surface area (Å²) < 4.78 is 34.4. The monoisotopic (exact) mass is 565 g/mol. The summed E-state index contributed by atoms with van der Waals surface area (Å²) in [6.45, 7) is 9.50. The molecule has 3 aromatic rings. The van der Waals surface area contributed by atoms with Gasteiger partial charge in [-0.25, -0.2) is 8.42 Å². The van der Waals surface area contributed by atoms with Crippen molar-refractivity contribution in [2.45, 2.75) is 64.6 Å². The second-order valence-electron chi connectivity index (χ2n) is 9.79. The largest absolute Gasteiger partial charge is 0.494 e. The van der Waals surface area contributed by atoms with Gasteiger partial charge in [-0.05, 0) is 81.6 Å². The number of sulfonamides is 1. The van der Waals surface area contributed by atoms with E-state index < -0.39 is 28.5 Å². The summed E-state index contributed by atoms with van der Waals surface area (Å²) in [5, 5.41) is 2.91. The first-order valence-electron chi connectivity index (χ1n) is 13.5. The predicted molar refractivity (Wildman–Crippen MR) is 158 cm³/mol. The fourth-order valence-corrected chi connectivity index (χ4v) is 5.81. The third-order valence-corrected chi connectivity index (χ3v) is 8.25. The quantitative estimate of drug-likeness (QED) is 0.317. The van der Waals surface area contributed by atoms with Crippen LogP contribution in [0.5, 0.6) is 5.75 Å². The lowest BCUT2D eigenvalue weighted by Gasteiger charge is -2.34. The number of amides is 2. The number of para-hydroxylation sites is 1. The molecule has 9 heteroatoms. The molecule has 0 saturated heterocycles. The van der Waals surface area contributed by atoms with Crippen LogP contribution in [0.15, 0.2) is 83.8 Å². The van der Waals surface area contributed by atoms with E-state index in [1.54, 1.807) is 42.5 Å². The van der Waals surface area contributed by atoms with Gasteiger partial charge >= 0.3 is 0 Å². The lowest BCUT2D eigenvalue weighted by atomic mass is 10.1. The van der Waals surface area contributed by atoms with Crippen molar-refractivity contribution in [3.05, 3.63) is 90.0 Å². The highest BCUT2D eigenvalue weighted by atomic mass is 32.2. The Balaban J connectivity index is 2.04. The first kappa shape index (κ1) is 30.7. The van der Waals surface area contributed by atoms with Crippen molar-refractivity contribution in [3.8, 4) is 5.75 Å². The number of carbonyl (C=O) groups is 2. The summed E-state index contributed by atoms with van der Waals surface area (Å²) in [5.74, 6) is -0.206. The van der Waals surface area contributed by atoms with Crippen LogP contribution >= 0.6 is 0 Å². The van der Waals surface area contributed by atoms with Crippen molar-refractivity contribution in [1.82, 2.24) is 10.2 Å². The lowest BCUT2D eigenvalue weighted by molar-refractivity contribution is -0.140. The first-order chi connectivity index (χ1) is 19.1. The highest BCUT2D eigenvalue weighted by Gasteiger charge is 2.34. The van der Waals surface area contributed by atoms with Crippen LogP contribution in [0, 0.1) is 6.92 Å². The van der Waals surface area contributed by atoms with Gasteiger partial charge in [-0.15, -0.1) is 0 Å². The number of anilines is 1. The molecule has 0 aromatic heterocycles. The molecule has 1 unspecified atom stereocenters. The maximum Gasteiger partial charge on any atom is 0.264 e. The fraction of sp³-hybridized carbons (Fsp3) is 0.355. The van der Waals surface area contributed by atoms with Crippen LogP contribution in [0.25, 0.3) is 0 Å². The molecule has 0 aliphatic heterocycles. The molecule has 0 radical (unpaired) electrons. The Morgan fingerprint density at radius 1 is 0.900 bits per heavy atom. The molecule has 1 atom stereocenters. The van der Waals surface area contributed by atoms with Gasteiger partial charge in [-0.3, -0.25) is 13.9 Å². The van der Waals surface area contributed by atoms with Crippen molar-refractivity contribution < 1.29 is 22.7 Å². The van der Waals surface area contributed by atoms with Crippen LogP contribution in [0.2, 0.25) is 0 Å². The number of benzene rings is 3. The van der Waals surface area contributed by atoms with Gasteiger partial charge < -0.3 is 15.0 Å². The Morgan fingerprint density at radius 2 is 1.52 bits per heavy atom. The molecule has 0 heterocycles. The maximum atomic E-state index is 14.1. The number of hydrogen-bond acceptors (Lipinski definition) is 5. The Hall–Kier alpha value is -3.85. The molecule has 0 saturated carbocycles. The smallest absolute Gasteiger partial charge is 0.264 e. The maximum absolute atomic E-state index is 14.1. The molecule has 1 N–H and O–H groups in total. The van der Waals surface area contributed by atoms with Gasteiger partial charge in [-0.1, -0.05) is 49.4 Å². The van der Waals surface area contributed by atoms with Crippen LogP contribution in [-0.2, 0) is 26.2 Å². The summed E-state index contributed by atoms with van der Waals surface area (Å²) in [6, 6.07) is 21.4. The molecule has 3 aromatic carbocycles. The van der Waals surface area contributed by atoms with Gasteiger partial charge in [0, 0.05) is 12.6 Å². The number of nitrogens with zero attached hydrogens (tertiary/aromatic N) is 2. The zero-order valence-electron chi connectivity index (χ0n) is 23.8. The number of carbonyl (C=O) groups excluding carboxylic acids is 2. The second-order valence-corrected chi connectivity index (χ2v) is 11.6. The highest BCUT2D eigenvalue weighted by molar-refractivity contribution is 7.92. The number of ether oxygens (including phenoxy) is 1. The van der Waals surface area contributed by atoms with E-state index in [0.717, 1.165) is 15.4 Å². The molecule has 2 amide bonds. The minimum Gasteiger partial charge on any atom is -0.494 e. The molecule has 0 aliphatic rings. The molecule has 0 aliphatic carbocycles. The van der Waals surface area contributed by atoms with Crippen LogP contribution in [-0.4, -0.2) is 50.4 Å². The summed E-state index contributed by atoms with van der Waals surface area (Å²) in [6.07, 6.45) is 0.368. The number of rotatable bonds is 13. The van der Waals surface area contributed by atoms with Gasteiger partial charge in [0.25, 0.3) is 10.0 Å². The van der Waals surface area contributed by atoms with Crippen molar-refractivity contribution in [2.75, 3.05) is 17.5 Å². The second kappa shape index (κ2) is 14.0. The van der Waals surface area contributed by atoms with Gasteiger partial charge in [-0.2, -0.15) is 0 Å². The zero-order chi connectivity index (χ0) is 29.3. The average molecular weight is 566 g/mol. The third-order valence-electron chi connectivity index (χ3n) is 6.46. The van der Waals surface area contributed by atoms with Crippen molar-refractivity contribution in [3.63, 3.8) is 0 Å². The molecule has 0 bridgehead atoms. The SMILES string of the molecule is CCOc1ccc(S(=O)(=O)N(CC(=O)N(Cc2ccccc2C)C(CC)C(=O)NC(C)C)c2ccccc2)cc1. The summed E-state index contributed by atoms with van der Waals surface area (Å²) >= 11 is 0. The number of hydrogen-bond donors (Lipinski definition) is 1. The van der Waals surface area contributed by atoms with Crippen LogP contribution < -0.4 is 14.4 Å². The Morgan fingerprint density at radius 3 is 2.10 bits per heavy atom. The summed E-state index contributed by atoms with van der Waals surface area (Å²) in [5.41, 5.74) is 2.20. The predicted octanol–water partition coefficient (Wildman–Crippen LogP) is 4.92. The fourth-order valence-electron chi connectivity index (χ4n) is 4.40. The van der Waals surface area contributed by atoms with Crippen molar-refractivity contribution in [2.24, 2.45) is 0 Å². The Bertz CT molecular complexity index is 1380. The average Bonchev–Trinajstić information content (AvgIpc) is 2.93. The molecular weight excluding hydrogens is 526 g/mol.